The summed E-state index contributed by atoms with van der Waals surface area (Å²) < 4.78 is 5.20. The number of carbonyl (C=O) groups excluding carboxylic acids is 1. The Morgan fingerprint density at radius 2 is 1.82 bits per heavy atom. The SMILES string of the molecule is C[C](C)C(=O)OC1CCCC1. The molecule has 0 aliphatic heterocycles. The van der Waals surface area contributed by atoms with Gasteiger partial charge < -0.3 is 4.74 Å². The first kappa shape index (κ1) is 8.57. The van der Waals surface area contributed by atoms with Crippen LogP contribution in [-0.4, -0.2) is 12.1 Å². The van der Waals surface area contributed by atoms with Crippen LogP contribution in [0.15, 0.2) is 0 Å². The van der Waals surface area contributed by atoms with Crippen molar-refractivity contribution in [1.29, 1.82) is 0 Å². The van der Waals surface area contributed by atoms with Gasteiger partial charge in [0.1, 0.15) is 6.10 Å². The molecule has 2 heteroatoms. The monoisotopic (exact) mass is 155 g/mol. The largest absolute Gasteiger partial charge is 0.462 e. The molecule has 0 atom stereocenters. The van der Waals surface area contributed by atoms with E-state index in [9.17, 15) is 4.79 Å². The molecule has 0 amide bonds. The quantitative estimate of drug-likeness (QED) is 0.571. The van der Waals surface area contributed by atoms with Gasteiger partial charge in [0.2, 0.25) is 0 Å². The van der Waals surface area contributed by atoms with Crippen LogP contribution in [0.2, 0.25) is 0 Å². The lowest BCUT2D eigenvalue weighted by Gasteiger charge is -2.12. The van der Waals surface area contributed by atoms with Gasteiger partial charge in [-0.05, 0) is 39.5 Å². The number of rotatable bonds is 2. The molecule has 0 N–H and O–H groups in total. The minimum absolute atomic E-state index is 0.128. The molecule has 1 saturated carbocycles. The highest BCUT2D eigenvalue weighted by molar-refractivity contribution is 5.83. The van der Waals surface area contributed by atoms with Crippen LogP contribution in [0.1, 0.15) is 39.5 Å². The van der Waals surface area contributed by atoms with E-state index in [-0.39, 0.29) is 12.1 Å². The van der Waals surface area contributed by atoms with E-state index in [1.807, 2.05) is 0 Å². The van der Waals surface area contributed by atoms with Gasteiger partial charge in [0, 0.05) is 0 Å². The first-order valence-corrected chi connectivity index (χ1v) is 4.21. The van der Waals surface area contributed by atoms with Crippen LogP contribution in [0, 0.1) is 5.92 Å². The molecule has 63 valence electrons. The van der Waals surface area contributed by atoms with Crippen LogP contribution in [0.25, 0.3) is 0 Å². The van der Waals surface area contributed by atoms with Gasteiger partial charge in [-0.1, -0.05) is 0 Å². The maximum absolute atomic E-state index is 11.0. The Balaban J connectivity index is 2.24. The second kappa shape index (κ2) is 3.74. The summed E-state index contributed by atoms with van der Waals surface area (Å²) in [5.74, 6) is 0.619. The Morgan fingerprint density at radius 1 is 1.27 bits per heavy atom. The molecule has 0 saturated heterocycles. The number of ether oxygens (including phenoxy) is 1. The van der Waals surface area contributed by atoms with Crippen LogP contribution >= 0.6 is 0 Å². The van der Waals surface area contributed by atoms with E-state index in [1.54, 1.807) is 13.8 Å². The Morgan fingerprint density at radius 3 is 2.27 bits per heavy atom. The van der Waals surface area contributed by atoms with E-state index < -0.39 is 0 Å². The van der Waals surface area contributed by atoms with Crippen LogP contribution < -0.4 is 0 Å². The molecule has 2 nitrogen and oxygen atoms in total. The summed E-state index contributed by atoms with van der Waals surface area (Å²) in [6.45, 7) is 3.58. The summed E-state index contributed by atoms with van der Waals surface area (Å²) in [5, 5.41) is 0. The first-order chi connectivity index (χ1) is 5.20. The Labute approximate surface area is 67.9 Å². The molecule has 0 aromatic carbocycles. The van der Waals surface area contributed by atoms with E-state index in [1.165, 1.54) is 12.8 Å². The minimum Gasteiger partial charge on any atom is -0.462 e. The lowest BCUT2D eigenvalue weighted by Crippen LogP contribution is -2.17. The molecule has 1 rings (SSSR count). The summed E-state index contributed by atoms with van der Waals surface area (Å²) in [6.07, 6.45) is 4.73. The number of hydrogen-bond acceptors (Lipinski definition) is 2. The second-order valence-electron chi connectivity index (χ2n) is 3.31. The maximum Gasteiger partial charge on any atom is 0.312 e. The fourth-order valence-electron chi connectivity index (χ4n) is 1.28. The third-order valence-electron chi connectivity index (χ3n) is 1.98. The van der Waals surface area contributed by atoms with Crippen molar-refractivity contribution in [1.82, 2.24) is 0 Å². The van der Waals surface area contributed by atoms with Gasteiger partial charge in [-0.25, -0.2) is 0 Å². The minimum atomic E-state index is -0.128. The highest BCUT2D eigenvalue weighted by Crippen LogP contribution is 2.21. The Kier molecular flexibility index (Phi) is 2.92. The highest BCUT2D eigenvalue weighted by atomic mass is 16.5. The summed E-state index contributed by atoms with van der Waals surface area (Å²) in [7, 11) is 0. The first-order valence-electron chi connectivity index (χ1n) is 4.21. The molecule has 0 aromatic heterocycles. The third kappa shape index (κ3) is 2.52. The van der Waals surface area contributed by atoms with Gasteiger partial charge in [-0.15, -0.1) is 0 Å². The zero-order valence-corrected chi connectivity index (χ0v) is 7.22. The van der Waals surface area contributed by atoms with E-state index in [0.29, 0.717) is 0 Å². The third-order valence-corrected chi connectivity index (χ3v) is 1.98. The van der Waals surface area contributed by atoms with Crippen molar-refractivity contribution >= 4 is 5.97 Å². The number of esters is 1. The van der Waals surface area contributed by atoms with Crippen molar-refractivity contribution in [3.05, 3.63) is 5.92 Å². The Hall–Kier alpha value is -0.530. The fraction of sp³-hybridized carbons (Fsp3) is 0.778. The zero-order chi connectivity index (χ0) is 8.27. The highest BCUT2D eigenvalue weighted by Gasteiger charge is 2.20. The molecule has 1 aliphatic carbocycles. The van der Waals surface area contributed by atoms with E-state index >= 15 is 0 Å². The van der Waals surface area contributed by atoms with Gasteiger partial charge in [0.05, 0.1) is 5.92 Å². The lowest BCUT2D eigenvalue weighted by molar-refractivity contribution is -0.146. The molecule has 0 unspecified atom stereocenters. The van der Waals surface area contributed by atoms with Crippen molar-refractivity contribution in [2.45, 2.75) is 45.6 Å². The summed E-state index contributed by atoms with van der Waals surface area (Å²) >= 11 is 0. The smallest absolute Gasteiger partial charge is 0.312 e. The van der Waals surface area contributed by atoms with Gasteiger partial charge in [-0.3, -0.25) is 4.79 Å². The Bertz CT molecular complexity index is 134. The molecule has 1 aliphatic rings. The summed E-state index contributed by atoms with van der Waals surface area (Å²) in [6, 6.07) is 0. The molecule has 0 bridgehead atoms. The average molecular weight is 155 g/mol. The normalized spacial score (nSPS) is 19.2. The molecule has 1 radical (unpaired) electrons. The zero-order valence-electron chi connectivity index (χ0n) is 7.22. The maximum atomic E-state index is 11.0. The van der Waals surface area contributed by atoms with Crippen molar-refractivity contribution in [3.63, 3.8) is 0 Å². The summed E-state index contributed by atoms with van der Waals surface area (Å²) in [4.78, 5) is 11.0. The topological polar surface area (TPSA) is 26.3 Å². The van der Waals surface area contributed by atoms with Gasteiger partial charge in [0.25, 0.3) is 0 Å². The predicted octanol–water partition coefficient (Wildman–Crippen LogP) is 2.09. The number of carbonyl (C=O) groups is 1. The van der Waals surface area contributed by atoms with Crippen LogP contribution in [0.5, 0.6) is 0 Å². The molecular weight excluding hydrogens is 140 g/mol. The van der Waals surface area contributed by atoms with Gasteiger partial charge >= 0.3 is 5.97 Å². The van der Waals surface area contributed by atoms with Crippen LogP contribution in [0.3, 0.4) is 0 Å². The fourth-order valence-corrected chi connectivity index (χ4v) is 1.28. The summed E-state index contributed by atoms with van der Waals surface area (Å²) in [5.41, 5.74) is 0. The number of hydrogen-bond donors (Lipinski definition) is 0. The van der Waals surface area contributed by atoms with Gasteiger partial charge in [0.15, 0.2) is 0 Å². The average Bonchev–Trinajstić information content (AvgIpc) is 2.39. The predicted molar refractivity (Wildman–Crippen MR) is 42.9 cm³/mol. The van der Waals surface area contributed by atoms with Crippen molar-refractivity contribution < 1.29 is 9.53 Å². The van der Waals surface area contributed by atoms with Crippen molar-refractivity contribution in [2.24, 2.45) is 0 Å². The van der Waals surface area contributed by atoms with E-state index in [0.717, 1.165) is 18.8 Å². The molecule has 11 heavy (non-hydrogen) atoms. The molecule has 1 fully saturated rings. The van der Waals surface area contributed by atoms with Crippen molar-refractivity contribution in [2.75, 3.05) is 0 Å². The van der Waals surface area contributed by atoms with E-state index in [4.69, 9.17) is 4.74 Å². The molecule has 0 aromatic rings. The molecule has 0 spiro atoms. The van der Waals surface area contributed by atoms with Gasteiger partial charge in [-0.2, -0.15) is 0 Å². The molecule has 0 heterocycles. The van der Waals surface area contributed by atoms with Crippen LogP contribution in [-0.2, 0) is 9.53 Å². The van der Waals surface area contributed by atoms with E-state index in [2.05, 4.69) is 0 Å². The second-order valence-corrected chi connectivity index (χ2v) is 3.31. The standard InChI is InChI=1S/C9H15O2/c1-7(2)9(10)11-8-5-3-4-6-8/h8H,3-6H2,1-2H3. The molecular formula is C9H15O2. The van der Waals surface area contributed by atoms with Crippen LogP contribution in [0.4, 0.5) is 0 Å². The lowest BCUT2D eigenvalue weighted by atomic mass is 10.2. The van der Waals surface area contributed by atoms with Crippen molar-refractivity contribution in [3.8, 4) is 0 Å².